The van der Waals surface area contributed by atoms with Crippen LogP contribution in [0.25, 0.3) is 16.7 Å². The van der Waals surface area contributed by atoms with E-state index < -0.39 is 0 Å². The number of nitrogens with one attached hydrogen (secondary N) is 2. The van der Waals surface area contributed by atoms with Gasteiger partial charge in [-0.1, -0.05) is 31.5 Å². The van der Waals surface area contributed by atoms with Gasteiger partial charge in [-0.2, -0.15) is 4.80 Å². The zero-order chi connectivity index (χ0) is 25.7. The van der Waals surface area contributed by atoms with Crippen LogP contribution in [-0.2, 0) is 11.2 Å². The molecule has 8 heteroatoms. The first-order valence-corrected chi connectivity index (χ1v) is 12.5. The largest absolute Gasteiger partial charge is 0.484 e. The molecule has 2 N–H and O–H groups in total. The van der Waals surface area contributed by atoms with Crippen molar-refractivity contribution < 1.29 is 9.53 Å². The molecule has 0 unspecified atom stereocenters. The van der Waals surface area contributed by atoms with Crippen molar-refractivity contribution in [1.29, 1.82) is 0 Å². The summed E-state index contributed by atoms with van der Waals surface area (Å²) >= 11 is 5.35. The van der Waals surface area contributed by atoms with Crippen LogP contribution in [0.3, 0.4) is 0 Å². The van der Waals surface area contributed by atoms with E-state index in [1.807, 2.05) is 63.2 Å². The monoisotopic (exact) mass is 501 g/mol. The second kappa shape index (κ2) is 11.3. The number of anilines is 1. The first kappa shape index (κ1) is 25.3. The van der Waals surface area contributed by atoms with Crippen molar-refractivity contribution in [2.75, 3.05) is 11.9 Å². The van der Waals surface area contributed by atoms with Gasteiger partial charge in [-0.25, -0.2) is 0 Å². The van der Waals surface area contributed by atoms with E-state index in [1.165, 1.54) is 18.4 Å². The van der Waals surface area contributed by atoms with Crippen LogP contribution in [0, 0.1) is 20.8 Å². The van der Waals surface area contributed by atoms with Gasteiger partial charge in [0.25, 0.3) is 5.91 Å². The Morgan fingerprint density at radius 1 is 0.972 bits per heavy atom. The molecule has 36 heavy (non-hydrogen) atoms. The number of thiocarbonyl (C=S) groups is 1. The van der Waals surface area contributed by atoms with Gasteiger partial charge in [-0.05, 0) is 104 Å². The van der Waals surface area contributed by atoms with E-state index in [-0.39, 0.29) is 17.6 Å². The van der Waals surface area contributed by atoms with Crippen LogP contribution in [0.1, 0.15) is 42.0 Å². The number of aromatic nitrogens is 3. The minimum absolute atomic E-state index is 0.131. The Labute approximate surface area is 216 Å². The molecule has 0 aliphatic rings. The third kappa shape index (κ3) is 6.46. The fourth-order valence-corrected chi connectivity index (χ4v) is 4.20. The SMILES string of the molecule is CCCCc1ccc(-n2nc3cc(C)c(NC(=S)NC(=O)COc4cc(C)cc(C)c4)cc3n2)cc1. The molecule has 0 saturated carbocycles. The van der Waals surface area contributed by atoms with Gasteiger partial charge in [-0.15, -0.1) is 10.2 Å². The highest BCUT2D eigenvalue weighted by atomic mass is 32.1. The molecule has 3 aromatic carbocycles. The summed E-state index contributed by atoms with van der Waals surface area (Å²) in [5.41, 5.74) is 7.58. The molecule has 1 aromatic heterocycles. The van der Waals surface area contributed by atoms with E-state index in [0.717, 1.165) is 45.5 Å². The van der Waals surface area contributed by atoms with E-state index in [2.05, 4.69) is 39.9 Å². The van der Waals surface area contributed by atoms with Gasteiger partial charge in [0.2, 0.25) is 0 Å². The third-order valence-corrected chi connectivity index (χ3v) is 5.98. The van der Waals surface area contributed by atoms with Crippen LogP contribution in [0.4, 0.5) is 5.69 Å². The molecule has 0 aliphatic carbocycles. The van der Waals surface area contributed by atoms with Crippen molar-refractivity contribution in [3.8, 4) is 11.4 Å². The number of carbonyl (C=O) groups is 1. The molecule has 4 rings (SSSR count). The summed E-state index contributed by atoms with van der Waals surface area (Å²) in [5, 5.41) is 15.2. The molecule has 0 saturated heterocycles. The van der Waals surface area contributed by atoms with Gasteiger partial charge in [0.15, 0.2) is 11.7 Å². The summed E-state index contributed by atoms with van der Waals surface area (Å²) in [5.74, 6) is 0.320. The molecular formula is C28H31N5O2S. The third-order valence-electron chi connectivity index (χ3n) is 5.78. The van der Waals surface area contributed by atoms with Crippen LogP contribution in [0.5, 0.6) is 5.75 Å². The summed E-state index contributed by atoms with van der Waals surface area (Å²) in [6.07, 6.45) is 3.44. The van der Waals surface area contributed by atoms with Crippen molar-refractivity contribution in [1.82, 2.24) is 20.3 Å². The van der Waals surface area contributed by atoms with Gasteiger partial charge in [0.05, 0.1) is 5.69 Å². The number of carbonyl (C=O) groups excluding carboxylic acids is 1. The normalized spacial score (nSPS) is 10.9. The standard InChI is InChI=1S/C28H31N5O2S/c1-5-6-7-21-8-10-22(11-9-21)33-31-25-15-20(4)24(16-26(25)32-33)29-28(36)30-27(34)17-35-23-13-18(2)12-19(3)14-23/h8-16H,5-7,17H2,1-4H3,(H2,29,30,34,36). The second-order valence-electron chi connectivity index (χ2n) is 9.03. The van der Waals surface area contributed by atoms with Gasteiger partial charge in [0.1, 0.15) is 16.8 Å². The highest BCUT2D eigenvalue weighted by molar-refractivity contribution is 7.80. The molecule has 0 bridgehead atoms. The second-order valence-corrected chi connectivity index (χ2v) is 9.44. The van der Waals surface area contributed by atoms with Gasteiger partial charge < -0.3 is 10.1 Å². The Morgan fingerprint density at radius 2 is 1.64 bits per heavy atom. The smallest absolute Gasteiger partial charge is 0.264 e. The number of nitrogens with zero attached hydrogens (tertiary/aromatic N) is 3. The quantitative estimate of drug-likeness (QED) is 0.307. The summed E-state index contributed by atoms with van der Waals surface area (Å²) in [4.78, 5) is 14.0. The van der Waals surface area contributed by atoms with Crippen LogP contribution in [0.15, 0.2) is 54.6 Å². The predicted molar refractivity (Wildman–Crippen MR) is 148 cm³/mol. The minimum Gasteiger partial charge on any atom is -0.484 e. The minimum atomic E-state index is -0.335. The maximum Gasteiger partial charge on any atom is 0.264 e. The van der Waals surface area contributed by atoms with Gasteiger partial charge >= 0.3 is 0 Å². The van der Waals surface area contributed by atoms with Crippen LogP contribution in [-0.4, -0.2) is 32.6 Å². The summed E-state index contributed by atoms with van der Waals surface area (Å²) in [6, 6.07) is 18.0. The van der Waals surface area contributed by atoms with E-state index >= 15 is 0 Å². The first-order chi connectivity index (χ1) is 17.3. The Bertz CT molecular complexity index is 1380. The number of hydrogen-bond donors (Lipinski definition) is 2. The van der Waals surface area contributed by atoms with Crippen LogP contribution >= 0.6 is 12.2 Å². The lowest BCUT2D eigenvalue weighted by Crippen LogP contribution is -2.37. The fourth-order valence-electron chi connectivity index (χ4n) is 3.98. The number of hydrogen-bond acceptors (Lipinski definition) is 5. The number of ether oxygens (including phenoxy) is 1. The topological polar surface area (TPSA) is 81.1 Å². The maximum atomic E-state index is 12.3. The van der Waals surface area contributed by atoms with Crippen molar-refractivity contribution in [3.63, 3.8) is 0 Å². The van der Waals surface area contributed by atoms with Crippen molar-refractivity contribution >= 4 is 40.0 Å². The molecular weight excluding hydrogens is 470 g/mol. The average Bonchev–Trinajstić information content (AvgIpc) is 3.24. The van der Waals surface area contributed by atoms with Gasteiger partial charge in [0, 0.05) is 5.69 Å². The average molecular weight is 502 g/mol. The van der Waals surface area contributed by atoms with Crippen molar-refractivity contribution in [2.45, 2.75) is 47.0 Å². The highest BCUT2D eigenvalue weighted by Crippen LogP contribution is 2.22. The van der Waals surface area contributed by atoms with Crippen molar-refractivity contribution in [2.24, 2.45) is 0 Å². The summed E-state index contributed by atoms with van der Waals surface area (Å²) in [6.45, 7) is 7.99. The number of benzene rings is 3. The van der Waals surface area contributed by atoms with Crippen molar-refractivity contribution in [3.05, 3.63) is 76.9 Å². The number of rotatable bonds is 8. The predicted octanol–water partition coefficient (Wildman–Crippen LogP) is 5.58. The van der Waals surface area contributed by atoms with E-state index in [4.69, 9.17) is 17.0 Å². The number of unbranched alkanes of at least 4 members (excludes halogenated alkanes) is 1. The lowest BCUT2D eigenvalue weighted by atomic mass is 10.1. The Balaban J connectivity index is 1.39. The fraction of sp³-hybridized carbons (Fsp3) is 0.286. The molecule has 4 aromatic rings. The van der Waals surface area contributed by atoms with Crippen LogP contribution < -0.4 is 15.4 Å². The zero-order valence-electron chi connectivity index (χ0n) is 21.1. The zero-order valence-corrected chi connectivity index (χ0v) is 21.9. The molecule has 1 heterocycles. The van der Waals surface area contributed by atoms with E-state index in [9.17, 15) is 4.79 Å². The molecule has 0 aliphatic heterocycles. The highest BCUT2D eigenvalue weighted by Gasteiger charge is 2.12. The lowest BCUT2D eigenvalue weighted by molar-refractivity contribution is -0.121. The molecule has 0 atom stereocenters. The molecule has 0 radical (unpaired) electrons. The van der Waals surface area contributed by atoms with E-state index in [0.29, 0.717) is 5.75 Å². The molecule has 7 nitrogen and oxygen atoms in total. The number of fused-ring (bicyclic) bond motifs is 1. The molecule has 1 amide bonds. The first-order valence-electron chi connectivity index (χ1n) is 12.1. The Morgan fingerprint density at radius 3 is 2.31 bits per heavy atom. The molecule has 186 valence electrons. The Kier molecular flexibility index (Phi) is 7.95. The Hall–Kier alpha value is -3.78. The van der Waals surface area contributed by atoms with Crippen LogP contribution in [0.2, 0.25) is 0 Å². The number of aryl methyl sites for hydroxylation is 4. The summed E-state index contributed by atoms with van der Waals surface area (Å²) < 4.78 is 5.61. The summed E-state index contributed by atoms with van der Waals surface area (Å²) in [7, 11) is 0. The molecule has 0 spiro atoms. The maximum absolute atomic E-state index is 12.3. The molecule has 0 fully saturated rings. The van der Waals surface area contributed by atoms with E-state index in [1.54, 1.807) is 4.80 Å². The lowest BCUT2D eigenvalue weighted by Gasteiger charge is -2.12. The van der Waals surface area contributed by atoms with Gasteiger partial charge in [-0.3, -0.25) is 10.1 Å². The number of amides is 1.